The molecule has 0 radical (unpaired) electrons. The van der Waals surface area contributed by atoms with Crippen LogP contribution in [0.25, 0.3) is 0 Å². The van der Waals surface area contributed by atoms with Crippen molar-refractivity contribution in [3.8, 4) is 0 Å². The first kappa shape index (κ1) is 11.5. The first-order valence-electron chi connectivity index (χ1n) is 5.52. The van der Waals surface area contributed by atoms with E-state index in [1.807, 2.05) is 0 Å². The molecule has 0 spiro atoms. The first-order chi connectivity index (χ1) is 7.77. The van der Waals surface area contributed by atoms with Crippen LogP contribution >= 0.6 is 11.3 Å². The molecule has 0 bridgehead atoms. The second-order valence-corrected chi connectivity index (χ2v) is 4.77. The summed E-state index contributed by atoms with van der Waals surface area (Å²) in [6.07, 6.45) is 3.58. The predicted molar refractivity (Wildman–Crippen MR) is 62.7 cm³/mol. The summed E-state index contributed by atoms with van der Waals surface area (Å²) in [5.41, 5.74) is 2.21. The number of ether oxygens (including phenoxy) is 1. The Kier molecular flexibility index (Phi) is 3.90. The maximum atomic E-state index is 11.9. The SMILES string of the molecule is CN(CC1CCCCO1)C(=O)c1cscn1. The molecule has 1 saturated heterocycles. The molecule has 4 nitrogen and oxygen atoms in total. The fraction of sp³-hybridized carbons (Fsp3) is 0.636. The van der Waals surface area contributed by atoms with Crippen LogP contribution in [0.1, 0.15) is 29.8 Å². The van der Waals surface area contributed by atoms with Crippen LogP contribution in [0.4, 0.5) is 0 Å². The first-order valence-corrected chi connectivity index (χ1v) is 6.47. The van der Waals surface area contributed by atoms with E-state index in [1.165, 1.54) is 17.8 Å². The van der Waals surface area contributed by atoms with Crippen LogP contribution < -0.4 is 0 Å². The number of carbonyl (C=O) groups excluding carboxylic acids is 1. The van der Waals surface area contributed by atoms with Crippen molar-refractivity contribution in [1.29, 1.82) is 0 Å². The summed E-state index contributed by atoms with van der Waals surface area (Å²) in [4.78, 5) is 17.6. The summed E-state index contributed by atoms with van der Waals surface area (Å²) in [6, 6.07) is 0. The highest BCUT2D eigenvalue weighted by atomic mass is 32.1. The molecule has 1 aliphatic heterocycles. The summed E-state index contributed by atoms with van der Waals surface area (Å²) in [6.45, 7) is 1.49. The molecule has 1 aliphatic rings. The minimum absolute atomic E-state index is 0.0181. The molecule has 1 atom stereocenters. The van der Waals surface area contributed by atoms with Crippen molar-refractivity contribution in [3.05, 3.63) is 16.6 Å². The van der Waals surface area contributed by atoms with Gasteiger partial charge in [-0.05, 0) is 19.3 Å². The van der Waals surface area contributed by atoms with Crippen molar-refractivity contribution in [3.63, 3.8) is 0 Å². The van der Waals surface area contributed by atoms with Crippen LogP contribution in [-0.4, -0.2) is 42.1 Å². The van der Waals surface area contributed by atoms with E-state index < -0.39 is 0 Å². The van der Waals surface area contributed by atoms with Gasteiger partial charge in [-0.15, -0.1) is 11.3 Å². The highest BCUT2D eigenvalue weighted by Crippen LogP contribution is 2.14. The number of nitrogens with zero attached hydrogens (tertiary/aromatic N) is 2. The average molecular weight is 240 g/mol. The average Bonchev–Trinajstić information content (AvgIpc) is 2.83. The molecule has 1 fully saturated rings. The Morgan fingerprint density at radius 2 is 2.56 bits per heavy atom. The van der Waals surface area contributed by atoms with E-state index in [9.17, 15) is 4.79 Å². The summed E-state index contributed by atoms with van der Waals surface area (Å²) in [5, 5.41) is 1.78. The van der Waals surface area contributed by atoms with E-state index >= 15 is 0 Å². The molecule has 1 aromatic rings. The van der Waals surface area contributed by atoms with Gasteiger partial charge in [-0.3, -0.25) is 4.79 Å². The van der Waals surface area contributed by atoms with Crippen LogP contribution in [-0.2, 0) is 4.74 Å². The molecule has 0 N–H and O–H groups in total. The Balaban J connectivity index is 1.87. The Hall–Kier alpha value is -0.940. The van der Waals surface area contributed by atoms with Gasteiger partial charge in [0.05, 0.1) is 11.6 Å². The Morgan fingerprint density at radius 1 is 1.69 bits per heavy atom. The van der Waals surface area contributed by atoms with Crippen LogP contribution in [0.15, 0.2) is 10.9 Å². The zero-order valence-corrected chi connectivity index (χ0v) is 10.2. The van der Waals surface area contributed by atoms with Crippen molar-refractivity contribution in [2.75, 3.05) is 20.2 Å². The van der Waals surface area contributed by atoms with E-state index in [4.69, 9.17) is 4.74 Å². The Morgan fingerprint density at radius 3 is 3.19 bits per heavy atom. The number of rotatable bonds is 3. The zero-order chi connectivity index (χ0) is 11.4. The molecule has 88 valence electrons. The van der Waals surface area contributed by atoms with Crippen molar-refractivity contribution in [2.24, 2.45) is 0 Å². The summed E-state index contributed by atoms with van der Waals surface area (Å²) >= 11 is 1.44. The second-order valence-electron chi connectivity index (χ2n) is 4.05. The molecule has 1 amide bonds. The number of likely N-dealkylation sites (N-methyl/N-ethyl adjacent to an activating group) is 1. The number of carbonyl (C=O) groups is 1. The van der Waals surface area contributed by atoms with Crippen LogP contribution in [0.3, 0.4) is 0 Å². The normalized spacial score (nSPS) is 20.7. The molecule has 2 heterocycles. The van der Waals surface area contributed by atoms with Crippen LogP contribution in [0.5, 0.6) is 0 Å². The lowest BCUT2D eigenvalue weighted by molar-refractivity contribution is -0.000275. The number of thiazole rings is 1. The van der Waals surface area contributed by atoms with Crippen molar-refractivity contribution in [2.45, 2.75) is 25.4 Å². The molecular weight excluding hydrogens is 224 g/mol. The summed E-state index contributed by atoms with van der Waals surface area (Å²) in [5.74, 6) is -0.0181. The maximum Gasteiger partial charge on any atom is 0.273 e. The smallest absolute Gasteiger partial charge is 0.273 e. The molecule has 1 unspecified atom stereocenters. The molecular formula is C11H16N2O2S. The minimum Gasteiger partial charge on any atom is -0.376 e. The Labute approximate surface area is 99.2 Å². The lowest BCUT2D eigenvalue weighted by Crippen LogP contribution is -2.37. The van der Waals surface area contributed by atoms with Gasteiger partial charge in [-0.2, -0.15) is 0 Å². The van der Waals surface area contributed by atoms with E-state index in [-0.39, 0.29) is 12.0 Å². The molecule has 1 aromatic heterocycles. The maximum absolute atomic E-state index is 11.9. The lowest BCUT2D eigenvalue weighted by Gasteiger charge is -2.27. The van der Waals surface area contributed by atoms with Gasteiger partial charge in [0.15, 0.2) is 0 Å². The highest BCUT2D eigenvalue weighted by molar-refractivity contribution is 7.07. The highest BCUT2D eigenvalue weighted by Gasteiger charge is 2.20. The van der Waals surface area contributed by atoms with Gasteiger partial charge in [0.25, 0.3) is 5.91 Å². The topological polar surface area (TPSA) is 42.4 Å². The fourth-order valence-corrected chi connectivity index (χ4v) is 2.38. The number of hydrogen-bond acceptors (Lipinski definition) is 4. The van der Waals surface area contributed by atoms with Gasteiger partial charge in [0.1, 0.15) is 5.69 Å². The predicted octanol–water partition coefficient (Wildman–Crippen LogP) is 1.78. The van der Waals surface area contributed by atoms with Gasteiger partial charge >= 0.3 is 0 Å². The standard InChI is InChI=1S/C11H16N2O2S/c1-13(6-9-4-2-3-5-15-9)11(14)10-7-16-8-12-10/h7-9H,2-6H2,1H3. The molecule has 5 heteroatoms. The van der Waals surface area contributed by atoms with Crippen molar-refractivity contribution in [1.82, 2.24) is 9.88 Å². The van der Waals surface area contributed by atoms with E-state index in [1.54, 1.807) is 22.8 Å². The van der Waals surface area contributed by atoms with Crippen molar-refractivity contribution >= 4 is 17.2 Å². The third-order valence-corrected chi connectivity index (χ3v) is 3.34. The summed E-state index contributed by atoms with van der Waals surface area (Å²) < 4.78 is 5.60. The molecule has 2 rings (SSSR count). The van der Waals surface area contributed by atoms with Gasteiger partial charge in [0, 0.05) is 25.6 Å². The molecule has 0 saturated carbocycles. The van der Waals surface area contributed by atoms with Gasteiger partial charge in [-0.1, -0.05) is 0 Å². The van der Waals surface area contributed by atoms with Crippen LogP contribution in [0, 0.1) is 0 Å². The lowest BCUT2D eigenvalue weighted by atomic mass is 10.1. The van der Waals surface area contributed by atoms with Gasteiger partial charge in [0.2, 0.25) is 0 Å². The van der Waals surface area contributed by atoms with Gasteiger partial charge in [-0.25, -0.2) is 4.98 Å². The number of aromatic nitrogens is 1. The molecule has 0 aromatic carbocycles. The third kappa shape index (κ3) is 2.80. The van der Waals surface area contributed by atoms with E-state index in [0.29, 0.717) is 12.2 Å². The fourth-order valence-electron chi connectivity index (χ4n) is 1.85. The quantitative estimate of drug-likeness (QED) is 0.809. The monoisotopic (exact) mass is 240 g/mol. The number of amides is 1. The van der Waals surface area contributed by atoms with Crippen molar-refractivity contribution < 1.29 is 9.53 Å². The van der Waals surface area contributed by atoms with E-state index in [0.717, 1.165) is 19.4 Å². The molecule has 0 aliphatic carbocycles. The zero-order valence-electron chi connectivity index (χ0n) is 9.39. The Bertz CT molecular complexity index is 334. The van der Waals surface area contributed by atoms with E-state index in [2.05, 4.69) is 4.98 Å². The molecule has 16 heavy (non-hydrogen) atoms. The number of hydrogen-bond donors (Lipinski definition) is 0. The summed E-state index contributed by atoms with van der Waals surface area (Å²) in [7, 11) is 1.81. The third-order valence-electron chi connectivity index (χ3n) is 2.75. The minimum atomic E-state index is -0.0181. The van der Waals surface area contributed by atoms with Gasteiger partial charge < -0.3 is 9.64 Å². The van der Waals surface area contributed by atoms with Crippen LogP contribution in [0.2, 0.25) is 0 Å². The second kappa shape index (κ2) is 5.41. The largest absolute Gasteiger partial charge is 0.376 e.